The van der Waals surface area contributed by atoms with E-state index in [0.717, 1.165) is 12.3 Å². The van der Waals surface area contributed by atoms with Crippen molar-refractivity contribution in [3.05, 3.63) is 215 Å². The summed E-state index contributed by atoms with van der Waals surface area (Å²) in [5, 5.41) is 70.1. The number of aromatic carboxylic acids is 1. The van der Waals surface area contributed by atoms with Gasteiger partial charge in [-0.05, 0) is 97.4 Å². The molecule has 90 heavy (non-hydrogen) atoms. The molecule has 0 fully saturated rings. The minimum absolute atomic E-state index is 0.0143. The molecular formula is C55H54BrCl2N9O23. The molecule has 0 radical (unpaired) electrons. The number of methoxy groups -OCH3 is 4. The number of nitro benzene ring substituents is 4. The molecule has 0 atom stereocenters. The van der Waals surface area contributed by atoms with Crippen LogP contribution < -0.4 is 11.5 Å². The van der Waals surface area contributed by atoms with Crippen LogP contribution in [-0.2, 0) is 45.4 Å². The van der Waals surface area contributed by atoms with Crippen molar-refractivity contribution < 1.29 is 92.1 Å². The molecule has 478 valence electrons. The molecule has 0 aliphatic carbocycles. The number of carbonyl (C=O) groups is 6. The van der Waals surface area contributed by atoms with Gasteiger partial charge in [-0.25, -0.2) is 24.0 Å². The lowest BCUT2D eigenvalue weighted by molar-refractivity contribution is -0.385. The zero-order valence-electron chi connectivity index (χ0n) is 48.3. The van der Waals surface area contributed by atoms with E-state index in [1.54, 1.807) is 18.2 Å². The summed E-state index contributed by atoms with van der Waals surface area (Å²) in [5.41, 5.74) is 15.3. The predicted molar refractivity (Wildman–Crippen MR) is 329 cm³/mol. The first-order valence-electron chi connectivity index (χ1n) is 24.3. The second-order valence-corrected chi connectivity index (χ2v) is 17.7. The first-order valence-corrected chi connectivity index (χ1v) is 26.1. The van der Waals surface area contributed by atoms with Gasteiger partial charge < -0.3 is 55.1 Å². The SMILES string of the molecule is CO/N=C/c1cc(C(=O)Cl)cc(Cl)c1N.CO/N=C/c1cc(C(=O)OC)ccc1N.CO/N=C/c1cc(C(=O)OC)ccc1[N+](=O)[O-].COC(=O)c1ccc([N+](=O)[O-])c(CBr)c1.COC(=O)c1ccc([N+](=O)[O-])c(CO)c1.Cc1cc(C(=O)O)ccc1[N+](=O)[O-]. The molecule has 0 aromatic heterocycles. The predicted octanol–water partition coefficient (Wildman–Crippen LogP) is 9.43. The maximum Gasteiger partial charge on any atom is 0.337 e. The van der Waals surface area contributed by atoms with Crippen molar-refractivity contribution in [3.8, 4) is 0 Å². The molecule has 0 saturated heterocycles. The van der Waals surface area contributed by atoms with Gasteiger partial charge in [-0.15, -0.1) is 0 Å². The number of nitro groups is 4. The van der Waals surface area contributed by atoms with E-state index in [-0.39, 0.29) is 61.2 Å². The van der Waals surface area contributed by atoms with E-state index in [9.17, 15) is 69.2 Å². The Morgan fingerprint density at radius 2 is 0.867 bits per heavy atom. The van der Waals surface area contributed by atoms with Crippen molar-refractivity contribution in [2.75, 3.05) is 61.2 Å². The second kappa shape index (κ2) is 39.6. The normalized spacial score (nSPS) is 10.0. The highest BCUT2D eigenvalue weighted by Gasteiger charge is 2.19. The fourth-order valence-corrected chi connectivity index (χ4v) is 7.22. The summed E-state index contributed by atoms with van der Waals surface area (Å²) in [7, 11) is 9.16. The van der Waals surface area contributed by atoms with Crippen LogP contribution in [0.3, 0.4) is 0 Å². The van der Waals surface area contributed by atoms with E-state index in [0.29, 0.717) is 50.1 Å². The Morgan fingerprint density at radius 3 is 1.26 bits per heavy atom. The number of hydrogen-bond acceptors (Lipinski definition) is 27. The second-order valence-electron chi connectivity index (χ2n) is 16.4. The lowest BCUT2D eigenvalue weighted by atomic mass is 10.1. The summed E-state index contributed by atoms with van der Waals surface area (Å²) < 4.78 is 18.0. The number of esters is 4. The number of nitrogens with two attached hydrogens (primary N) is 2. The number of benzene rings is 6. The van der Waals surface area contributed by atoms with Crippen LogP contribution in [-0.4, -0.2) is 133 Å². The Hall–Kier alpha value is -11.0. The van der Waals surface area contributed by atoms with Gasteiger partial charge in [0.1, 0.15) is 21.3 Å². The number of alkyl halides is 1. The van der Waals surface area contributed by atoms with E-state index in [2.05, 4.69) is 64.9 Å². The summed E-state index contributed by atoms with van der Waals surface area (Å²) in [6, 6.07) is 23.0. The van der Waals surface area contributed by atoms with Crippen molar-refractivity contribution in [1.29, 1.82) is 0 Å². The Labute approximate surface area is 527 Å². The van der Waals surface area contributed by atoms with Gasteiger partial charge in [0.25, 0.3) is 28.0 Å². The summed E-state index contributed by atoms with van der Waals surface area (Å²) in [5.74, 6) is -3.18. The lowest BCUT2D eigenvalue weighted by Gasteiger charge is -2.04. The molecule has 32 nitrogen and oxygen atoms in total. The number of nitrogens with zero attached hydrogens (tertiary/aromatic N) is 7. The zero-order valence-corrected chi connectivity index (χ0v) is 51.4. The van der Waals surface area contributed by atoms with Crippen LogP contribution in [0.2, 0.25) is 5.02 Å². The number of ether oxygens (including phenoxy) is 4. The van der Waals surface area contributed by atoms with E-state index in [1.807, 2.05) is 0 Å². The van der Waals surface area contributed by atoms with Crippen molar-refractivity contribution in [1.82, 2.24) is 0 Å². The van der Waals surface area contributed by atoms with E-state index in [1.165, 1.54) is 148 Å². The zero-order chi connectivity index (χ0) is 68.4. The molecule has 0 aliphatic heterocycles. The van der Waals surface area contributed by atoms with Crippen molar-refractivity contribution in [2.45, 2.75) is 18.9 Å². The van der Waals surface area contributed by atoms with Gasteiger partial charge in [0.05, 0.1) is 123 Å². The van der Waals surface area contributed by atoms with Crippen molar-refractivity contribution in [2.24, 2.45) is 15.5 Å². The maximum absolute atomic E-state index is 11.3. The number of carbonyl (C=O) groups excluding carboxylic acids is 5. The number of aliphatic hydroxyl groups is 1. The molecule has 0 heterocycles. The standard InChI is InChI=1S/C10H10N2O5.C10H12N2O3.C9H8BrNO4.C9H8Cl2N2O2.C9H9NO5.C8H7NO4/c1-16-10(13)7-3-4-9(12(14)15)8(5-7)6-11-17-2;1-14-10(13)7-3-4-9(11)8(5-7)6-12-15-2;1-15-9(12)6-2-3-8(11(13)14)7(4-6)5-10;1-15-13-4-6-2-5(9(11)14)3-7(10)8(6)12;1-15-9(12)6-2-3-8(10(13)14)7(4-6)5-11;1-5-4-6(8(10)11)2-3-7(5)9(12)13/h3-6H,1-2H3;3-6H,11H2,1-2H3;2-4H,5H2,1H3;2-4H,12H2,1H3;2-4,11H,5H2,1H3;2-4H,1H3,(H,10,11)/b11-6+;12-6+;;13-4+;;. The molecule has 6 rings (SSSR count). The number of oxime groups is 3. The van der Waals surface area contributed by atoms with Crippen LogP contribution in [0.25, 0.3) is 0 Å². The van der Waals surface area contributed by atoms with Crippen LogP contribution in [0.4, 0.5) is 34.1 Å². The number of anilines is 2. The van der Waals surface area contributed by atoms with E-state index < -0.39 is 61.4 Å². The largest absolute Gasteiger partial charge is 0.478 e. The quantitative estimate of drug-likeness (QED) is 0.00909. The topological polar surface area (TPSA) is 469 Å². The van der Waals surface area contributed by atoms with Gasteiger partial charge in [0.2, 0.25) is 0 Å². The average molecular weight is 1360 g/mol. The van der Waals surface area contributed by atoms with Gasteiger partial charge in [-0.3, -0.25) is 45.3 Å². The van der Waals surface area contributed by atoms with Gasteiger partial charge in [0.15, 0.2) is 0 Å². The fourth-order valence-electron chi connectivity index (χ4n) is 6.43. The van der Waals surface area contributed by atoms with Crippen LogP contribution in [0.5, 0.6) is 0 Å². The highest BCUT2D eigenvalue weighted by Crippen LogP contribution is 2.26. The fraction of sp³-hybridized carbons (Fsp3) is 0.182. The number of aryl methyl sites for hydroxylation is 1. The number of carboxylic acid groups (broad SMARTS) is 1. The van der Waals surface area contributed by atoms with Gasteiger partial charge >= 0.3 is 29.8 Å². The Morgan fingerprint density at radius 1 is 0.511 bits per heavy atom. The summed E-state index contributed by atoms with van der Waals surface area (Å²) in [6.45, 7) is 1.01. The summed E-state index contributed by atoms with van der Waals surface area (Å²) in [6.07, 6.45) is 3.94. The van der Waals surface area contributed by atoms with Crippen molar-refractivity contribution in [3.63, 3.8) is 0 Å². The molecular weight excluding hydrogens is 1310 g/mol. The smallest absolute Gasteiger partial charge is 0.337 e. The Balaban J connectivity index is 0.000000541. The van der Waals surface area contributed by atoms with Crippen LogP contribution in [0, 0.1) is 47.4 Å². The number of carboxylic acids is 1. The van der Waals surface area contributed by atoms with Crippen LogP contribution >= 0.6 is 39.1 Å². The molecule has 0 aliphatic rings. The molecule has 6 aromatic rings. The molecule has 6 aromatic carbocycles. The molecule has 0 saturated carbocycles. The first kappa shape index (κ1) is 77.0. The maximum atomic E-state index is 11.3. The molecule has 35 heteroatoms. The molecule has 0 unspecified atom stereocenters. The van der Waals surface area contributed by atoms with E-state index >= 15 is 0 Å². The number of halogens is 3. The summed E-state index contributed by atoms with van der Waals surface area (Å²) in [4.78, 5) is 120. The monoisotopic (exact) mass is 1360 g/mol. The van der Waals surface area contributed by atoms with Crippen LogP contribution in [0.15, 0.2) is 119 Å². The minimum Gasteiger partial charge on any atom is -0.478 e. The minimum atomic E-state index is -1.09. The lowest BCUT2D eigenvalue weighted by Crippen LogP contribution is -2.03. The number of hydrogen-bond donors (Lipinski definition) is 4. The van der Waals surface area contributed by atoms with Gasteiger partial charge in [0, 0.05) is 63.1 Å². The molecule has 6 N–H and O–H groups in total. The number of nitrogen functional groups attached to an aromatic ring is 2. The molecule has 0 amide bonds. The van der Waals surface area contributed by atoms with Crippen LogP contribution in [0.1, 0.15) is 95.5 Å². The Kier molecular flexibility index (Phi) is 33.9. The highest BCUT2D eigenvalue weighted by molar-refractivity contribution is 9.08. The van der Waals surface area contributed by atoms with E-state index in [4.69, 9.17) is 44.9 Å². The third-order valence-corrected chi connectivity index (χ3v) is 11.9. The van der Waals surface area contributed by atoms with Crippen molar-refractivity contribution >= 4 is 127 Å². The third-order valence-electron chi connectivity index (χ3n) is 10.8. The van der Waals surface area contributed by atoms with Gasteiger partial charge in [-0.2, -0.15) is 0 Å². The average Bonchev–Trinajstić information content (AvgIpc) is 1.41. The number of aliphatic hydroxyl groups excluding tert-OH is 1. The molecule has 0 spiro atoms. The number of rotatable bonds is 18. The summed E-state index contributed by atoms with van der Waals surface area (Å²) >= 11 is 14.2. The first-order chi connectivity index (χ1) is 42.5. The van der Waals surface area contributed by atoms with Gasteiger partial charge in [-0.1, -0.05) is 43.0 Å². The molecule has 0 bridgehead atoms. The Bertz CT molecular complexity index is 3600. The highest BCUT2D eigenvalue weighted by atomic mass is 79.9. The third kappa shape index (κ3) is 24.8.